The lowest BCUT2D eigenvalue weighted by Crippen LogP contribution is -2.23. The molecule has 1 saturated heterocycles. The fourth-order valence-electron chi connectivity index (χ4n) is 4.74. The lowest BCUT2D eigenvalue weighted by Gasteiger charge is -2.21. The number of likely N-dealkylation sites (N-methyl/N-ethyl adjacent to an activating group) is 1. The fraction of sp³-hybridized carbons (Fsp3) is 0.360. The number of nitrogens with zero attached hydrogens (tertiary/aromatic N) is 3. The van der Waals surface area contributed by atoms with Crippen LogP contribution in [0, 0.1) is 5.82 Å². The number of ether oxygens (including phenoxy) is 1. The number of rotatable bonds is 5. The van der Waals surface area contributed by atoms with Gasteiger partial charge in [-0.2, -0.15) is 0 Å². The molecule has 0 N–H and O–H groups in total. The number of benzene rings is 2. The number of methoxy groups -OCH3 is 1. The zero-order chi connectivity index (χ0) is 23.2. The van der Waals surface area contributed by atoms with Gasteiger partial charge in [-0.3, -0.25) is 0 Å². The number of hydrogen-bond donors (Lipinski definition) is 0. The van der Waals surface area contributed by atoms with E-state index in [-0.39, 0.29) is 16.8 Å². The van der Waals surface area contributed by atoms with Gasteiger partial charge in [0, 0.05) is 56.1 Å². The second-order valence-electron chi connectivity index (χ2n) is 8.83. The lowest BCUT2D eigenvalue weighted by molar-refractivity contribution is 0.121. The van der Waals surface area contributed by atoms with E-state index in [1.54, 1.807) is 31.5 Å². The van der Waals surface area contributed by atoms with E-state index in [2.05, 4.69) is 15.9 Å². The van der Waals surface area contributed by atoms with E-state index in [9.17, 15) is 12.8 Å². The van der Waals surface area contributed by atoms with Gasteiger partial charge in [-0.1, -0.05) is 6.08 Å². The Balaban J connectivity index is 1.53. The summed E-state index contributed by atoms with van der Waals surface area (Å²) in [6.45, 7) is 3.34. The van der Waals surface area contributed by atoms with Crippen molar-refractivity contribution in [1.29, 1.82) is 0 Å². The summed E-state index contributed by atoms with van der Waals surface area (Å²) in [6, 6.07) is 11.3. The van der Waals surface area contributed by atoms with Crippen LogP contribution in [0.25, 0.3) is 16.5 Å². The standard InChI is InChI=1S/C25H28FN3O3S/c1-27-12-9-18(10-13-27)24-17-29(25-8-3-19(26)15-23(24)25)33(30,31)22-6-4-20(5-7-22)28-14-11-21(16-28)32-2/h3-9,15,17,21H,10-14,16H2,1-2H3. The molecule has 0 amide bonds. The van der Waals surface area contributed by atoms with Crippen LogP contribution in [-0.2, 0) is 14.8 Å². The summed E-state index contributed by atoms with van der Waals surface area (Å²) in [5.74, 6) is -0.378. The molecule has 1 fully saturated rings. The van der Waals surface area contributed by atoms with Crippen LogP contribution in [0.4, 0.5) is 10.1 Å². The first-order valence-electron chi connectivity index (χ1n) is 11.2. The van der Waals surface area contributed by atoms with E-state index in [1.165, 1.54) is 16.1 Å². The Kier molecular flexibility index (Phi) is 5.76. The van der Waals surface area contributed by atoms with E-state index in [0.29, 0.717) is 10.9 Å². The maximum Gasteiger partial charge on any atom is 0.268 e. The monoisotopic (exact) mass is 469 g/mol. The van der Waals surface area contributed by atoms with Crippen molar-refractivity contribution in [2.24, 2.45) is 0 Å². The first-order valence-corrected chi connectivity index (χ1v) is 12.6. The van der Waals surface area contributed by atoms with Gasteiger partial charge >= 0.3 is 0 Å². The molecule has 3 heterocycles. The van der Waals surface area contributed by atoms with Crippen molar-refractivity contribution >= 4 is 32.2 Å². The third-order valence-electron chi connectivity index (χ3n) is 6.73. The zero-order valence-electron chi connectivity index (χ0n) is 18.9. The molecule has 3 aromatic rings. The molecule has 8 heteroatoms. The highest BCUT2D eigenvalue weighted by molar-refractivity contribution is 7.90. The van der Waals surface area contributed by atoms with E-state index >= 15 is 0 Å². The minimum atomic E-state index is -3.85. The number of aromatic nitrogens is 1. The van der Waals surface area contributed by atoms with Crippen LogP contribution >= 0.6 is 0 Å². The summed E-state index contributed by atoms with van der Waals surface area (Å²) < 4.78 is 48.1. The van der Waals surface area contributed by atoms with Crippen LogP contribution in [0.2, 0.25) is 0 Å². The Labute approximate surface area is 193 Å². The predicted octanol–water partition coefficient (Wildman–Crippen LogP) is 3.96. The van der Waals surface area contributed by atoms with Crippen LogP contribution in [0.15, 0.2) is 59.6 Å². The Hall–Kier alpha value is -2.68. The predicted molar refractivity (Wildman–Crippen MR) is 129 cm³/mol. The summed E-state index contributed by atoms with van der Waals surface area (Å²) in [5.41, 5.74) is 3.29. The highest BCUT2D eigenvalue weighted by Gasteiger charge is 2.25. The van der Waals surface area contributed by atoms with Crippen molar-refractivity contribution in [3.8, 4) is 0 Å². The molecular formula is C25H28FN3O3S. The van der Waals surface area contributed by atoms with E-state index in [0.717, 1.165) is 55.8 Å². The number of anilines is 1. The molecule has 5 rings (SSSR count). The SMILES string of the molecule is COC1CCN(c2ccc(S(=O)(=O)n3cc(C4=CCN(C)CC4)c4cc(F)ccc43)cc2)C1. The smallest absolute Gasteiger partial charge is 0.268 e. The molecule has 33 heavy (non-hydrogen) atoms. The van der Waals surface area contributed by atoms with Gasteiger partial charge in [-0.25, -0.2) is 16.8 Å². The summed E-state index contributed by atoms with van der Waals surface area (Å²) in [5, 5.41) is 0.619. The van der Waals surface area contributed by atoms with Crippen molar-refractivity contribution in [2.75, 3.05) is 45.2 Å². The molecule has 174 valence electrons. The van der Waals surface area contributed by atoms with Crippen LogP contribution in [0.5, 0.6) is 0 Å². The Morgan fingerprint density at radius 2 is 1.88 bits per heavy atom. The molecule has 2 aromatic carbocycles. The van der Waals surface area contributed by atoms with E-state index < -0.39 is 10.0 Å². The molecule has 0 spiro atoms. The largest absolute Gasteiger partial charge is 0.380 e. The summed E-state index contributed by atoms with van der Waals surface area (Å²) in [6.07, 6.45) is 5.69. The average molecular weight is 470 g/mol. The van der Waals surface area contributed by atoms with E-state index in [4.69, 9.17) is 4.74 Å². The lowest BCUT2D eigenvalue weighted by atomic mass is 9.99. The second-order valence-corrected chi connectivity index (χ2v) is 10.6. The third kappa shape index (κ3) is 4.07. The third-order valence-corrected chi connectivity index (χ3v) is 8.42. The minimum absolute atomic E-state index is 0.201. The maximum atomic E-state index is 14.1. The quantitative estimate of drug-likeness (QED) is 0.566. The van der Waals surface area contributed by atoms with Gasteiger partial charge in [-0.05, 0) is 67.9 Å². The van der Waals surface area contributed by atoms with E-state index in [1.807, 2.05) is 19.2 Å². The normalized spacial score (nSPS) is 19.9. The van der Waals surface area contributed by atoms with Gasteiger partial charge in [0.1, 0.15) is 5.82 Å². The number of halogens is 1. The van der Waals surface area contributed by atoms with Gasteiger partial charge in [0.25, 0.3) is 10.0 Å². The molecule has 1 atom stereocenters. The van der Waals surface area contributed by atoms with Gasteiger partial charge in [0.2, 0.25) is 0 Å². The van der Waals surface area contributed by atoms with Crippen molar-refractivity contribution in [1.82, 2.24) is 8.87 Å². The second kappa shape index (κ2) is 8.59. The van der Waals surface area contributed by atoms with Crippen molar-refractivity contribution in [2.45, 2.75) is 23.8 Å². The fourth-order valence-corrected chi connectivity index (χ4v) is 6.11. The topological polar surface area (TPSA) is 54.8 Å². The summed E-state index contributed by atoms with van der Waals surface area (Å²) in [4.78, 5) is 4.60. The van der Waals surface area contributed by atoms with Crippen molar-refractivity contribution in [3.63, 3.8) is 0 Å². The van der Waals surface area contributed by atoms with Gasteiger partial charge in [0.05, 0.1) is 16.5 Å². The molecule has 0 radical (unpaired) electrons. The summed E-state index contributed by atoms with van der Waals surface area (Å²) >= 11 is 0. The van der Waals surface area contributed by atoms with Crippen LogP contribution in [-0.4, -0.2) is 63.7 Å². The van der Waals surface area contributed by atoms with Gasteiger partial charge < -0.3 is 14.5 Å². The molecule has 1 aromatic heterocycles. The molecule has 0 aliphatic carbocycles. The van der Waals surface area contributed by atoms with Crippen LogP contribution in [0.1, 0.15) is 18.4 Å². The van der Waals surface area contributed by atoms with Crippen molar-refractivity contribution < 1.29 is 17.5 Å². The molecule has 6 nitrogen and oxygen atoms in total. The molecule has 2 aliphatic rings. The van der Waals surface area contributed by atoms with Crippen molar-refractivity contribution in [3.05, 3.63) is 66.1 Å². The highest BCUT2D eigenvalue weighted by Crippen LogP contribution is 2.34. The molecule has 0 saturated carbocycles. The van der Waals surface area contributed by atoms with Gasteiger partial charge in [-0.15, -0.1) is 0 Å². The molecule has 0 bridgehead atoms. The maximum absolute atomic E-state index is 14.1. The Morgan fingerprint density at radius 3 is 2.55 bits per heavy atom. The van der Waals surface area contributed by atoms with Crippen LogP contribution < -0.4 is 4.90 Å². The van der Waals surface area contributed by atoms with Crippen LogP contribution in [0.3, 0.4) is 0 Å². The number of hydrogen-bond acceptors (Lipinski definition) is 5. The Morgan fingerprint density at radius 1 is 1.09 bits per heavy atom. The minimum Gasteiger partial charge on any atom is -0.380 e. The average Bonchev–Trinajstić information content (AvgIpc) is 3.45. The number of fused-ring (bicyclic) bond motifs is 1. The Bertz CT molecular complexity index is 1310. The van der Waals surface area contributed by atoms with Gasteiger partial charge in [0.15, 0.2) is 0 Å². The molecular weight excluding hydrogens is 441 g/mol. The zero-order valence-corrected chi connectivity index (χ0v) is 19.7. The molecule has 1 unspecified atom stereocenters. The first-order chi connectivity index (χ1) is 15.9. The first kappa shape index (κ1) is 22.1. The summed E-state index contributed by atoms with van der Waals surface area (Å²) in [7, 11) is -0.0905. The molecule has 2 aliphatic heterocycles. The highest BCUT2D eigenvalue weighted by atomic mass is 32.2.